The van der Waals surface area contributed by atoms with E-state index in [1.807, 2.05) is 12.1 Å². The molecule has 0 bridgehead atoms. The molecule has 0 aromatic carbocycles. The van der Waals surface area contributed by atoms with E-state index in [0.29, 0.717) is 0 Å². The fourth-order valence-electron chi connectivity index (χ4n) is 1.26. The van der Waals surface area contributed by atoms with Crippen LogP contribution in [0, 0.1) is 0 Å². The van der Waals surface area contributed by atoms with Crippen LogP contribution in [0.4, 0.5) is 0 Å². The first kappa shape index (κ1) is 10.2. The van der Waals surface area contributed by atoms with Crippen molar-refractivity contribution in [3.8, 4) is 0 Å². The summed E-state index contributed by atoms with van der Waals surface area (Å²) in [4.78, 5) is 12.1. The molecule has 1 atom stereocenters. The fourth-order valence-corrected chi connectivity index (χ4v) is 1.76. The Kier molecular flexibility index (Phi) is 3.03. The Bertz CT molecular complexity index is 446. The van der Waals surface area contributed by atoms with E-state index in [2.05, 4.69) is 30.9 Å². The molecule has 5 heteroatoms. The van der Waals surface area contributed by atoms with E-state index in [-0.39, 0.29) is 6.04 Å². The molecule has 0 aliphatic heterocycles. The number of hydrogen-bond acceptors (Lipinski definition) is 4. The van der Waals surface area contributed by atoms with Crippen molar-refractivity contribution >= 4 is 15.9 Å². The highest BCUT2D eigenvalue weighted by Crippen LogP contribution is 2.23. The molecule has 0 saturated heterocycles. The minimum Gasteiger partial charge on any atom is -0.319 e. The average Bonchev–Trinajstić information content (AvgIpc) is 2.30. The van der Waals surface area contributed by atoms with Crippen molar-refractivity contribution in [3.05, 3.63) is 52.8 Å². The second kappa shape index (κ2) is 4.46. The van der Waals surface area contributed by atoms with E-state index < -0.39 is 0 Å². The van der Waals surface area contributed by atoms with Gasteiger partial charge in [-0.25, -0.2) is 9.97 Å². The first-order valence-corrected chi connectivity index (χ1v) is 5.19. The zero-order valence-corrected chi connectivity index (χ0v) is 9.42. The molecule has 0 aliphatic rings. The number of aromatic nitrogens is 3. The molecule has 1 unspecified atom stereocenters. The number of nitrogens with zero attached hydrogens (tertiary/aromatic N) is 3. The molecule has 15 heavy (non-hydrogen) atoms. The topological polar surface area (TPSA) is 64.7 Å². The van der Waals surface area contributed by atoms with Crippen LogP contribution in [-0.2, 0) is 0 Å². The molecule has 2 aromatic heterocycles. The highest BCUT2D eigenvalue weighted by atomic mass is 79.9. The minimum atomic E-state index is -0.304. The maximum absolute atomic E-state index is 6.04. The second-order valence-electron chi connectivity index (χ2n) is 3.02. The summed E-state index contributed by atoms with van der Waals surface area (Å²) in [5.41, 5.74) is 7.67. The Hall–Kier alpha value is -1.33. The second-order valence-corrected chi connectivity index (χ2v) is 3.87. The summed E-state index contributed by atoms with van der Waals surface area (Å²) in [5, 5.41) is 0. The van der Waals surface area contributed by atoms with Crippen LogP contribution < -0.4 is 5.73 Å². The van der Waals surface area contributed by atoms with Crippen LogP contribution in [-0.4, -0.2) is 15.0 Å². The summed E-state index contributed by atoms with van der Waals surface area (Å²) >= 11 is 3.41. The molecule has 2 N–H and O–H groups in total. The molecule has 0 saturated carbocycles. The van der Waals surface area contributed by atoms with Gasteiger partial charge in [-0.1, -0.05) is 0 Å². The lowest BCUT2D eigenvalue weighted by molar-refractivity contribution is 0.807. The Morgan fingerprint density at radius 1 is 1.27 bits per heavy atom. The van der Waals surface area contributed by atoms with Crippen molar-refractivity contribution in [2.45, 2.75) is 6.04 Å². The van der Waals surface area contributed by atoms with Crippen molar-refractivity contribution in [1.29, 1.82) is 0 Å². The maximum Gasteiger partial charge on any atom is 0.115 e. The zero-order valence-electron chi connectivity index (χ0n) is 7.84. The number of halogens is 1. The van der Waals surface area contributed by atoms with Crippen molar-refractivity contribution in [3.63, 3.8) is 0 Å². The molecular formula is C10H9BrN4. The summed E-state index contributed by atoms with van der Waals surface area (Å²) in [6.45, 7) is 0. The average molecular weight is 265 g/mol. The maximum atomic E-state index is 6.04. The van der Waals surface area contributed by atoms with E-state index in [0.717, 1.165) is 15.7 Å². The van der Waals surface area contributed by atoms with Crippen molar-refractivity contribution in [1.82, 2.24) is 15.0 Å². The van der Waals surface area contributed by atoms with Crippen LogP contribution in [0.1, 0.15) is 17.3 Å². The molecule has 76 valence electrons. The van der Waals surface area contributed by atoms with Crippen molar-refractivity contribution in [2.75, 3.05) is 0 Å². The predicted molar refractivity (Wildman–Crippen MR) is 60.0 cm³/mol. The van der Waals surface area contributed by atoms with Crippen LogP contribution in [0.3, 0.4) is 0 Å². The first-order chi connectivity index (χ1) is 7.29. The summed E-state index contributed by atoms with van der Waals surface area (Å²) in [6.07, 6.45) is 6.57. The van der Waals surface area contributed by atoms with Gasteiger partial charge in [-0.3, -0.25) is 4.98 Å². The lowest BCUT2D eigenvalue weighted by Gasteiger charge is -2.11. The SMILES string of the molecule is NC(c1cncnc1)c1ncccc1Br. The number of rotatable bonds is 2. The fraction of sp³-hybridized carbons (Fsp3) is 0.100. The van der Waals surface area contributed by atoms with Crippen LogP contribution in [0.15, 0.2) is 41.5 Å². The summed E-state index contributed by atoms with van der Waals surface area (Å²) in [6, 6.07) is 3.45. The number of pyridine rings is 1. The largest absolute Gasteiger partial charge is 0.319 e. The van der Waals surface area contributed by atoms with E-state index in [1.54, 1.807) is 18.6 Å². The molecule has 2 heterocycles. The monoisotopic (exact) mass is 264 g/mol. The van der Waals surface area contributed by atoms with Crippen LogP contribution in [0.25, 0.3) is 0 Å². The lowest BCUT2D eigenvalue weighted by Crippen LogP contribution is -2.14. The van der Waals surface area contributed by atoms with Crippen molar-refractivity contribution < 1.29 is 0 Å². The van der Waals surface area contributed by atoms with Gasteiger partial charge in [0.15, 0.2) is 0 Å². The molecule has 0 amide bonds. The third-order valence-electron chi connectivity index (χ3n) is 2.02. The lowest BCUT2D eigenvalue weighted by atomic mass is 10.1. The minimum absolute atomic E-state index is 0.304. The molecule has 0 radical (unpaired) electrons. The van der Waals surface area contributed by atoms with E-state index >= 15 is 0 Å². The van der Waals surface area contributed by atoms with Gasteiger partial charge in [0.05, 0.1) is 11.7 Å². The molecule has 0 aliphatic carbocycles. The summed E-state index contributed by atoms with van der Waals surface area (Å²) in [5.74, 6) is 0. The molecule has 0 fully saturated rings. The molecule has 2 aromatic rings. The standard InChI is InChI=1S/C10H9BrN4/c11-8-2-1-3-15-10(8)9(12)7-4-13-6-14-5-7/h1-6,9H,12H2. The highest BCUT2D eigenvalue weighted by molar-refractivity contribution is 9.10. The van der Waals surface area contributed by atoms with Gasteiger partial charge in [-0.05, 0) is 28.1 Å². The van der Waals surface area contributed by atoms with Gasteiger partial charge in [0, 0.05) is 28.6 Å². The van der Waals surface area contributed by atoms with Crippen LogP contribution >= 0.6 is 15.9 Å². The molecule has 0 spiro atoms. The quantitative estimate of drug-likeness (QED) is 0.897. The summed E-state index contributed by atoms with van der Waals surface area (Å²) < 4.78 is 0.890. The molecule has 2 rings (SSSR count). The van der Waals surface area contributed by atoms with Gasteiger partial charge in [0.25, 0.3) is 0 Å². The Morgan fingerprint density at radius 2 is 2.00 bits per heavy atom. The smallest absolute Gasteiger partial charge is 0.115 e. The first-order valence-electron chi connectivity index (χ1n) is 4.40. The third-order valence-corrected chi connectivity index (χ3v) is 2.69. The van der Waals surface area contributed by atoms with E-state index in [9.17, 15) is 0 Å². The molecule has 4 nitrogen and oxygen atoms in total. The normalized spacial score (nSPS) is 12.4. The van der Waals surface area contributed by atoms with Gasteiger partial charge in [0.2, 0.25) is 0 Å². The van der Waals surface area contributed by atoms with Gasteiger partial charge < -0.3 is 5.73 Å². The van der Waals surface area contributed by atoms with Gasteiger partial charge in [-0.15, -0.1) is 0 Å². The van der Waals surface area contributed by atoms with Gasteiger partial charge in [-0.2, -0.15) is 0 Å². The van der Waals surface area contributed by atoms with Crippen LogP contribution in [0.2, 0.25) is 0 Å². The third kappa shape index (κ3) is 2.19. The van der Waals surface area contributed by atoms with E-state index in [4.69, 9.17) is 5.73 Å². The Labute approximate surface area is 95.7 Å². The van der Waals surface area contributed by atoms with Gasteiger partial charge in [0.1, 0.15) is 6.33 Å². The Balaban J connectivity index is 2.37. The van der Waals surface area contributed by atoms with Crippen LogP contribution in [0.5, 0.6) is 0 Å². The van der Waals surface area contributed by atoms with Crippen molar-refractivity contribution in [2.24, 2.45) is 5.73 Å². The van der Waals surface area contributed by atoms with Gasteiger partial charge >= 0.3 is 0 Å². The predicted octanol–water partition coefficient (Wildman–Crippen LogP) is 1.68. The molecular weight excluding hydrogens is 256 g/mol. The van der Waals surface area contributed by atoms with E-state index in [1.165, 1.54) is 6.33 Å². The Morgan fingerprint density at radius 3 is 2.67 bits per heavy atom. The number of hydrogen-bond donors (Lipinski definition) is 1. The zero-order chi connectivity index (χ0) is 10.7. The number of nitrogens with two attached hydrogens (primary N) is 1. The highest BCUT2D eigenvalue weighted by Gasteiger charge is 2.13. The summed E-state index contributed by atoms with van der Waals surface area (Å²) in [7, 11) is 0.